The molecule has 31 heavy (non-hydrogen) atoms. The highest BCUT2D eigenvalue weighted by Gasteiger charge is 2.36. The second-order valence-electron chi connectivity index (χ2n) is 7.01. The number of pyridine rings is 1. The van der Waals surface area contributed by atoms with Gasteiger partial charge in [-0.3, -0.25) is 4.98 Å². The van der Waals surface area contributed by atoms with E-state index in [2.05, 4.69) is 10.1 Å². The number of aromatic nitrogens is 1. The molecule has 1 aliphatic heterocycles. The summed E-state index contributed by atoms with van der Waals surface area (Å²) in [5.74, 6) is 0.156. The number of furan rings is 1. The zero-order chi connectivity index (χ0) is 21.2. The summed E-state index contributed by atoms with van der Waals surface area (Å²) in [5.41, 5.74) is 2.22. The van der Waals surface area contributed by atoms with Crippen LogP contribution in [0.15, 0.2) is 95.0 Å². The van der Waals surface area contributed by atoms with Gasteiger partial charge in [0, 0.05) is 18.0 Å². The van der Waals surface area contributed by atoms with Crippen LogP contribution in [0.25, 0.3) is 11.1 Å². The Balaban J connectivity index is 1.57. The number of hydrogen-bond acceptors (Lipinski definition) is 5. The third-order valence-electron chi connectivity index (χ3n) is 5.12. The minimum absolute atomic E-state index is 0.246. The lowest BCUT2D eigenvalue weighted by Crippen LogP contribution is -2.31. The number of benzene rings is 2. The molecule has 154 valence electrons. The number of halogens is 2. The standard InChI is InChI=1S/C24H17F2N3O2/c25-20-8-3-1-6-18(20)17-11-12-27-14-16(17)15-29-23(22-10-5-13-30-22)28-31-24(29)19-7-2-4-9-21(19)26/h1-14,24H,15H2. The second-order valence-corrected chi connectivity index (χ2v) is 7.01. The molecule has 1 aliphatic rings. The predicted molar refractivity (Wildman–Crippen MR) is 111 cm³/mol. The molecular formula is C24H17F2N3O2. The van der Waals surface area contributed by atoms with Crippen LogP contribution in [0.2, 0.25) is 0 Å². The molecule has 0 saturated carbocycles. The Morgan fingerprint density at radius 1 is 0.871 bits per heavy atom. The Hall–Kier alpha value is -4.00. The Kier molecular flexibility index (Phi) is 4.92. The van der Waals surface area contributed by atoms with Crippen molar-refractivity contribution in [3.63, 3.8) is 0 Å². The van der Waals surface area contributed by atoms with Gasteiger partial charge < -0.3 is 14.2 Å². The van der Waals surface area contributed by atoms with Crippen molar-refractivity contribution in [3.05, 3.63) is 114 Å². The molecule has 2 aromatic heterocycles. The molecule has 7 heteroatoms. The van der Waals surface area contributed by atoms with Gasteiger partial charge in [0.15, 0.2) is 5.76 Å². The maximum atomic E-state index is 14.6. The molecule has 5 rings (SSSR count). The highest BCUT2D eigenvalue weighted by atomic mass is 19.1. The number of nitrogens with zero attached hydrogens (tertiary/aromatic N) is 3. The first-order chi connectivity index (χ1) is 15.2. The van der Waals surface area contributed by atoms with Gasteiger partial charge in [0.2, 0.25) is 12.1 Å². The van der Waals surface area contributed by atoms with Crippen molar-refractivity contribution >= 4 is 5.84 Å². The van der Waals surface area contributed by atoms with Gasteiger partial charge in [0.05, 0.1) is 18.4 Å². The number of rotatable bonds is 5. The maximum absolute atomic E-state index is 14.6. The maximum Gasteiger partial charge on any atom is 0.230 e. The van der Waals surface area contributed by atoms with Crippen molar-refractivity contribution in [1.29, 1.82) is 0 Å². The second kappa shape index (κ2) is 8.02. The average molecular weight is 417 g/mol. The molecule has 1 unspecified atom stereocenters. The average Bonchev–Trinajstić information content (AvgIpc) is 3.45. The third-order valence-corrected chi connectivity index (χ3v) is 5.12. The van der Waals surface area contributed by atoms with Crippen molar-refractivity contribution in [2.75, 3.05) is 0 Å². The SMILES string of the molecule is Fc1ccccc1-c1ccncc1CN1C(c2ccco2)=NOC1c1ccccc1F. The van der Waals surface area contributed by atoms with Crippen LogP contribution in [-0.4, -0.2) is 15.7 Å². The molecule has 3 heterocycles. The Morgan fingerprint density at radius 2 is 1.68 bits per heavy atom. The largest absolute Gasteiger partial charge is 0.461 e. The van der Waals surface area contributed by atoms with E-state index in [0.29, 0.717) is 28.3 Å². The molecule has 0 spiro atoms. The quantitative estimate of drug-likeness (QED) is 0.430. The van der Waals surface area contributed by atoms with E-state index in [1.807, 2.05) is 0 Å². The van der Waals surface area contributed by atoms with Crippen molar-refractivity contribution < 1.29 is 18.0 Å². The summed E-state index contributed by atoms with van der Waals surface area (Å²) in [7, 11) is 0. The summed E-state index contributed by atoms with van der Waals surface area (Å²) in [6.07, 6.45) is 4.00. The van der Waals surface area contributed by atoms with Crippen molar-refractivity contribution in [3.8, 4) is 11.1 Å². The van der Waals surface area contributed by atoms with Gasteiger partial charge >= 0.3 is 0 Å². The summed E-state index contributed by atoms with van der Waals surface area (Å²) >= 11 is 0. The van der Waals surface area contributed by atoms with Crippen LogP contribution in [0, 0.1) is 11.6 Å². The Labute approximate surface area is 177 Å². The normalized spacial score (nSPS) is 15.6. The van der Waals surface area contributed by atoms with Gasteiger partial charge in [0.1, 0.15) is 11.6 Å². The van der Waals surface area contributed by atoms with Crippen LogP contribution in [0.5, 0.6) is 0 Å². The summed E-state index contributed by atoms with van der Waals surface area (Å²) < 4.78 is 34.6. The van der Waals surface area contributed by atoms with Gasteiger partial charge in [0.25, 0.3) is 0 Å². The van der Waals surface area contributed by atoms with Crippen molar-refractivity contribution in [2.24, 2.45) is 5.16 Å². The first kappa shape index (κ1) is 19.0. The fourth-order valence-electron chi connectivity index (χ4n) is 3.65. The van der Waals surface area contributed by atoms with Crippen LogP contribution >= 0.6 is 0 Å². The van der Waals surface area contributed by atoms with E-state index in [9.17, 15) is 8.78 Å². The van der Waals surface area contributed by atoms with Gasteiger partial charge in [-0.1, -0.05) is 41.6 Å². The first-order valence-electron chi connectivity index (χ1n) is 9.69. The topological polar surface area (TPSA) is 50.9 Å². The summed E-state index contributed by atoms with van der Waals surface area (Å²) in [5, 5.41) is 4.16. The van der Waals surface area contributed by atoms with E-state index in [4.69, 9.17) is 9.25 Å². The minimum atomic E-state index is -0.810. The lowest BCUT2D eigenvalue weighted by Gasteiger charge is -2.26. The van der Waals surface area contributed by atoms with E-state index in [0.717, 1.165) is 5.56 Å². The zero-order valence-corrected chi connectivity index (χ0v) is 16.3. The van der Waals surface area contributed by atoms with Crippen molar-refractivity contribution in [2.45, 2.75) is 12.8 Å². The summed E-state index contributed by atoms with van der Waals surface area (Å²) in [4.78, 5) is 11.6. The third kappa shape index (κ3) is 3.54. The Bertz CT molecular complexity index is 1240. The minimum Gasteiger partial charge on any atom is -0.461 e. The zero-order valence-electron chi connectivity index (χ0n) is 16.3. The van der Waals surface area contributed by atoms with Crippen LogP contribution in [0.3, 0.4) is 0 Å². The molecule has 1 atom stereocenters. The number of oxime groups is 1. The molecule has 2 aromatic carbocycles. The molecule has 0 aliphatic carbocycles. The molecule has 4 aromatic rings. The van der Waals surface area contributed by atoms with E-state index >= 15 is 0 Å². The molecule has 0 amide bonds. The molecule has 0 saturated heterocycles. The smallest absolute Gasteiger partial charge is 0.230 e. The van der Waals surface area contributed by atoms with Gasteiger partial charge in [-0.25, -0.2) is 8.78 Å². The molecular weight excluding hydrogens is 400 g/mol. The fourth-order valence-corrected chi connectivity index (χ4v) is 3.65. The van der Waals surface area contributed by atoms with E-state index in [1.165, 1.54) is 18.4 Å². The van der Waals surface area contributed by atoms with Crippen LogP contribution in [0.1, 0.15) is 23.1 Å². The molecule has 0 radical (unpaired) electrons. The summed E-state index contributed by atoms with van der Waals surface area (Å²) in [6, 6.07) is 18.2. The monoisotopic (exact) mass is 417 g/mol. The number of amidine groups is 1. The summed E-state index contributed by atoms with van der Waals surface area (Å²) in [6.45, 7) is 0.246. The van der Waals surface area contributed by atoms with Crippen LogP contribution < -0.4 is 0 Å². The molecule has 0 N–H and O–H groups in total. The molecule has 5 nitrogen and oxygen atoms in total. The van der Waals surface area contributed by atoms with E-state index in [1.54, 1.807) is 71.9 Å². The highest BCUT2D eigenvalue weighted by Crippen LogP contribution is 2.35. The lowest BCUT2D eigenvalue weighted by molar-refractivity contribution is 0.00329. The first-order valence-corrected chi connectivity index (χ1v) is 9.69. The van der Waals surface area contributed by atoms with Gasteiger partial charge in [-0.15, -0.1) is 0 Å². The van der Waals surface area contributed by atoms with Crippen LogP contribution in [-0.2, 0) is 11.4 Å². The highest BCUT2D eigenvalue weighted by molar-refractivity contribution is 5.96. The molecule has 0 bridgehead atoms. The van der Waals surface area contributed by atoms with Crippen molar-refractivity contribution in [1.82, 2.24) is 9.88 Å². The molecule has 0 fully saturated rings. The lowest BCUT2D eigenvalue weighted by atomic mass is 10.0. The Morgan fingerprint density at radius 3 is 2.45 bits per heavy atom. The van der Waals surface area contributed by atoms with Gasteiger partial charge in [-0.05, 0) is 41.5 Å². The predicted octanol–water partition coefficient (Wildman–Crippen LogP) is 5.51. The number of hydrogen-bond donors (Lipinski definition) is 0. The fraction of sp³-hybridized carbons (Fsp3) is 0.0833. The van der Waals surface area contributed by atoms with E-state index in [-0.39, 0.29) is 12.4 Å². The van der Waals surface area contributed by atoms with Gasteiger partial charge in [-0.2, -0.15) is 0 Å². The van der Waals surface area contributed by atoms with Crippen LogP contribution in [0.4, 0.5) is 8.78 Å². The van der Waals surface area contributed by atoms with E-state index < -0.39 is 12.0 Å².